The summed E-state index contributed by atoms with van der Waals surface area (Å²) in [6.07, 6.45) is 0. The maximum atomic E-state index is 11.4. The van der Waals surface area contributed by atoms with Gasteiger partial charge >= 0.3 is 11.4 Å². The van der Waals surface area contributed by atoms with Crippen molar-refractivity contribution >= 4 is 11.4 Å². The molecule has 0 unspecified atom stereocenters. The van der Waals surface area contributed by atoms with Crippen molar-refractivity contribution < 1.29 is 35.1 Å². The van der Waals surface area contributed by atoms with Gasteiger partial charge in [-0.25, -0.2) is 0 Å². The Morgan fingerprint density at radius 3 is 1.33 bits per heavy atom. The second-order valence-electron chi connectivity index (χ2n) is 3.76. The maximum Gasteiger partial charge on any atom is 0.320 e. The summed E-state index contributed by atoms with van der Waals surface area (Å²) in [7, 11) is 0. The van der Waals surface area contributed by atoms with E-state index in [2.05, 4.69) is 15.0 Å². The van der Waals surface area contributed by atoms with Gasteiger partial charge in [-0.15, -0.1) is 0 Å². The highest BCUT2D eigenvalue weighted by molar-refractivity contribution is 5.35. The minimum Gasteiger partial charge on any atom is -0.508 e. The van der Waals surface area contributed by atoms with Gasteiger partial charge in [0, 0.05) is 34.2 Å². The molecule has 2 rings (SSSR count). The SMILES string of the molecule is O=[N+](OOO[N+](=O)c1ccc(O)cc1)c1ccc(O)cc1. The molecule has 9 heteroatoms. The molecule has 2 aromatic rings. The molecule has 0 bridgehead atoms. The van der Waals surface area contributed by atoms with Crippen LogP contribution in [0.15, 0.2) is 48.5 Å². The van der Waals surface area contributed by atoms with Crippen molar-refractivity contribution in [3.05, 3.63) is 58.3 Å². The maximum absolute atomic E-state index is 11.4. The van der Waals surface area contributed by atoms with Crippen LogP contribution >= 0.6 is 0 Å². The first-order valence-corrected chi connectivity index (χ1v) is 5.60. The van der Waals surface area contributed by atoms with Crippen LogP contribution in [0.1, 0.15) is 0 Å². The van der Waals surface area contributed by atoms with Gasteiger partial charge in [0.15, 0.2) is 5.04 Å². The minimum atomic E-state index is -0.0654. The molecule has 0 aliphatic carbocycles. The van der Waals surface area contributed by atoms with Crippen LogP contribution in [-0.2, 0) is 15.0 Å². The molecule has 0 saturated carbocycles. The van der Waals surface area contributed by atoms with Crippen molar-refractivity contribution in [1.29, 1.82) is 0 Å². The van der Waals surface area contributed by atoms with Gasteiger partial charge in [0.05, 0.1) is 9.81 Å². The molecule has 2 N–H and O–H groups in total. The Hall–Kier alpha value is -3.20. The molecule has 2 aromatic carbocycles. The highest BCUT2D eigenvalue weighted by Gasteiger charge is 2.23. The van der Waals surface area contributed by atoms with Gasteiger partial charge in [0.2, 0.25) is 0 Å². The smallest absolute Gasteiger partial charge is 0.320 e. The third kappa shape index (κ3) is 3.88. The molecule has 21 heavy (non-hydrogen) atoms. The summed E-state index contributed by atoms with van der Waals surface area (Å²) in [4.78, 5) is 30.9. The van der Waals surface area contributed by atoms with Crippen molar-refractivity contribution in [1.82, 2.24) is 0 Å². The Morgan fingerprint density at radius 2 is 1.00 bits per heavy atom. The van der Waals surface area contributed by atoms with Gasteiger partial charge in [-0.05, 0) is 24.3 Å². The van der Waals surface area contributed by atoms with Gasteiger partial charge in [0.25, 0.3) is 9.85 Å². The van der Waals surface area contributed by atoms with Gasteiger partial charge in [-0.2, -0.15) is 0 Å². The van der Waals surface area contributed by atoms with E-state index >= 15 is 0 Å². The fraction of sp³-hybridized carbons (Fsp3) is 0. The van der Waals surface area contributed by atoms with Crippen LogP contribution in [0.4, 0.5) is 11.4 Å². The molecule has 0 atom stereocenters. The van der Waals surface area contributed by atoms with Crippen LogP contribution in [0.5, 0.6) is 11.5 Å². The lowest BCUT2D eigenvalue weighted by atomic mass is 10.3. The first kappa shape index (κ1) is 14.2. The van der Waals surface area contributed by atoms with Crippen LogP contribution in [0, 0.1) is 9.81 Å². The van der Waals surface area contributed by atoms with E-state index in [1.807, 2.05) is 0 Å². The Bertz CT molecular complexity index is 582. The lowest BCUT2D eigenvalue weighted by Crippen LogP contribution is -2.09. The van der Waals surface area contributed by atoms with E-state index in [-0.39, 0.29) is 32.7 Å². The van der Waals surface area contributed by atoms with E-state index < -0.39 is 0 Å². The topological polar surface area (TPSA) is 108 Å². The number of rotatable bonds is 6. The standard InChI is InChI=1S/C12H8N2O7/c15-11-5-1-9(2-6-11)13(17)19-21-20-14(18)10-3-7-12(16)8-4-10/h1-8H/p+2. The van der Waals surface area contributed by atoms with E-state index in [0.717, 1.165) is 0 Å². The lowest BCUT2D eigenvalue weighted by Gasteiger charge is -1.91. The molecule has 0 radical (unpaired) electrons. The Labute approximate surface area is 117 Å². The Morgan fingerprint density at radius 1 is 0.667 bits per heavy atom. The summed E-state index contributed by atoms with van der Waals surface area (Å²) >= 11 is 0. The van der Waals surface area contributed by atoms with Crippen molar-refractivity contribution in [2.75, 3.05) is 0 Å². The van der Waals surface area contributed by atoms with Crippen molar-refractivity contribution in [2.45, 2.75) is 0 Å². The van der Waals surface area contributed by atoms with Gasteiger partial charge in [-0.1, -0.05) is 0 Å². The van der Waals surface area contributed by atoms with Crippen LogP contribution < -0.4 is 0 Å². The highest BCUT2D eigenvalue weighted by atomic mass is 17.6. The summed E-state index contributed by atoms with van der Waals surface area (Å²) in [6.45, 7) is 0. The monoisotopic (exact) mass is 294 g/mol. The normalized spacial score (nSPS) is 9.90. The zero-order valence-electron chi connectivity index (χ0n) is 10.4. The summed E-state index contributed by atoms with van der Waals surface area (Å²) in [5, 5.41) is 22.1. The zero-order chi connectivity index (χ0) is 15.2. The van der Waals surface area contributed by atoms with E-state index in [0.29, 0.717) is 0 Å². The summed E-state index contributed by atoms with van der Waals surface area (Å²) in [5.41, 5.74) is 0.0250. The third-order valence-electron chi connectivity index (χ3n) is 2.32. The van der Waals surface area contributed by atoms with Crippen molar-refractivity contribution in [2.24, 2.45) is 0 Å². The van der Waals surface area contributed by atoms with Gasteiger partial charge < -0.3 is 10.2 Å². The molecule has 0 amide bonds. The van der Waals surface area contributed by atoms with Gasteiger partial charge in [0.1, 0.15) is 11.5 Å². The second kappa shape index (κ2) is 6.30. The lowest BCUT2D eigenvalue weighted by molar-refractivity contribution is -0.978. The largest absolute Gasteiger partial charge is 0.508 e. The molecular weight excluding hydrogens is 284 g/mol. The fourth-order valence-electron chi connectivity index (χ4n) is 1.30. The predicted molar refractivity (Wildman–Crippen MR) is 66.0 cm³/mol. The summed E-state index contributed by atoms with van der Waals surface area (Å²) < 4.78 is 0. The second-order valence-corrected chi connectivity index (χ2v) is 3.76. The predicted octanol–water partition coefficient (Wildman–Crippen LogP) is 2.33. The van der Waals surface area contributed by atoms with E-state index in [1.54, 1.807) is 0 Å². The van der Waals surface area contributed by atoms with Crippen molar-refractivity contribution in [3.8, 4) is 11.5 Å². The summed E-state index contributed by atoms with van der Waals surface area (Å²) in [6, 6.07) is 10.1. The average molecular weight is 294 g/mol. The molecule has 108 valence electrons. The molecule has 0 aliphatic rings. The van der Waals surface area contributed by atoms with Crippen LogP contribution in [0.3, 0.4) is 0 Å². The molecular formula is C12H10N2O7+2. The molecule has 0 aliphatic heterocycles. The fourth-order valence-corrected chi connectivity index (χ4v) is 1.30. The molecule has 0 aromatic heterocycles. The Balaban J connectivity index is 1.83. The third-order valence-corrected chi connectivity index (χ3v) is 2.32. The molecule has 0 fully saturated rings. The highest BCUT2D eigenvalue weighted by Crippen LogP contribution is 2.18. The van der Waals surface area contributed by atoms with E-state index in [9.17, 15) is 9.81 Å². The summed E-state index contributed by atoms with van der Waals surface area (Å²) in [5.74, 6) is -0.0511. The first-order valence-electron chi connectivity index (χ1n) is 5.60. The van der Waals surface area contributed by atoms with Gasteiger partial charge in [-0.3, -0.25) is 0 Å². The number of aromatic hydroxyl groups is 2. The number of benzene rings is 2. The Kier molecular flexibility index (Phi) is 4.26. The zero-order valence-corrected chi connectivity index (χ0v) is 10.4. The van der Waals surface area contributed by atoms with Crippen LogP contribution in [0.2, 0.25) is 0 Å². The van der Waals surface area contributed by atoms with Crippen LogP contribution in [-0.4, -0.2) is 20.1 Å². The number of hydrogen-bond donors (Lipinski definition) is 2. The molecule has 0 heterocycles. The molecule has 0 spiro atoms. The number of hydrogen-bond acceptors (Lipinski definition) is 7. The van der Waals surface area contributed by atoms with E-state index in [4.69, 9.17) is 10.2 Å². The molecule has 9 nitrogen and oxygen atoms in total. The number of phenols is 2. The number of phenolic OH excluding ortho intramolecular Hbond substituents is 2. The molecule has 0 saturated heterocycles. The minimum absolute atomic E-state index is 0.0125. The van der Waals surface area contributed by atoms with Crippen molar-refractivity contribution in [3.63, 3.8) is 0 Å². The van der Waals surface area contributed by atoms with Crippen LogP contribution in [0.25, 0.3) is 0 Å². The number of nitrogens with zero attached hydrogens (tertiary/aromatic N) is 2. The van der Waals surface area contributed by atoms with E-state index in [1.165, 1.54) is 48.5 Å². The quantitative estimate of drug-likeness (QED) is 0.621. The first-order chi connectivity index (χ1) is 10.1. The average Bonchev–Trinajstić information content (AvgIpc) is 2.48.